The summed E-state index contributed by atoms with van der Waals surface area (Å²) in [6.45, 7) is 3.45. The standard InChI is InChI=1S/C11H20N2O3/c1-8(6-12)5-10(14)13-4-2-3-9(7-13)11(15)16/h8-9H,2-7,12H2,1H3,(H,15,16). The minimum Gasteiger partial charge on any atom is -0.481 e. The van der Waals surface area contributed by atoms with E-state index in [1.807, 2.05) is 6.92 Å². The summed E-state index contributed by atoms with van der Waals surface area (Å²) in [5, 5.41) is 8.91. The summed E-state index contributed by atoms with van der Waals surface area (Å²) in [6, 6.07) is 0. The van der Waals surface area contributed by atoms with Crippen LogP contribution in [0.2, 0.25) is 0 Å². The van der Waals surface area contributed by atoms with Crippen molar-refractivity contribution >= 4 is 11.9 Å². The molecule has 0 aromatic heterocycles. The summed E-state index contributed by atoms with van der Waals surface area (Å²) < 4.78 is 0. The van der Waals surface area contributed by atoms with Crippen LogP contribution in [0.3, 0.4) is 0 Å². The average Bonchev–Trinajstić information content (AvgIpc) is 2.28. The second kappa shape index (κ2) is 5.84. The third-order valence-corrected chi connectivity index (χ3v) is 3.05. The van der Waals surface area contributed by atoms with Crippen molar-refractivity contribution in [2.75, 3.05) is 19.6 Å². The SMILES string of the molecule is CC(CN)CC(=O)N1CCCC(C(=O)O)C1. The highest BCUT2D eigenvalue weighted by atomic mass is 16.4. The van der Waals surface area contributed by atoms with Gasteiger partial charge in [-0.05, 0) is 25.3 Å². The van der Waals surface area contributed by atoms with E-state index >= 15 is 0 Å². The van der Waals surface area contributed by atoms with E-state index in [0.29, 0.717) is 32.5 Å². The highest BCUT2D eigenvalue weighted by Gasteiger charge is 2.28. The van der Waals surface area contributed by atoms with Gasteiger partial charge >= 0.3 is 5.97 Å². The first-order chi connectivity index (χ1) is 7.54. The number of carboxylic acid groups (broad SMARTS) is 1. The van der Waals surface area contributed by atoms with Crippen LogP contribution in [0.15, 0.2) is 0 Å². The second-order valence-corrected chi connectivity index (χ2v) is 4.56. The molecule has 1 amide bonds. The average molecular weight is 228 g/mol. The molecule has 0 saturated carbocycles. The van der Waals surface area contributed by atoms with Crippen molar-refractivity contribution in [2.24, 2.45) is 17.6 Å². The Morgan fingerprint density at radius 2 is 2.25 bits per heavy atom. The number of amides is 1. The van der Waals surface area contributed by atoms with Crippen LogP contribution in [0.5, 0.6) is 0 Å². The van der Waals surface area contributed by atoms with E-state index in [1.54, 1.807) is 4.90 Å². The molecule has 1 fully saturated rings. The molecule has 0 spiro atoms. The van der Waals surface area contributed by atoms with Gasteiger partial charge in [0.25, 0.3) is 0 Å². The van der Waals surface area contributed by atoms with Gasteiger partial charge < -0.3 is 15.7 Å². The number of nitrogens with two attached hydrogens (primary N) is 1. The van der Waals surface area contributed by atoms with Crippen LogP contribution in [0.4, 0.5) is 0 Å². The number of carbonyl (C=O) groups excluding carboxylic acids is 1. The smallest absolute Gasteiger partial charge is 0.308 e. The molecule has 16 heavy (non-hydrogen) atoms. The fourth-order valence-electron chi connectivity index (χ4n) is 1.92. The van der Waals surface area contributed by atoms with Gasteiger partial charge in [-0.1, -0.05) is 6.92 Å². The zero-order chi connectivity index (χ0) is 12.1. The first-order valence-electron chi connectivity index (χ1n) is 5.75. The molecule has 1 aliphatic rings. The van der Waals surface area contributed by atoms with Crippen molar-refractivity contribution in [1.82, 2.24) is 4.90 Å². The second-order valence-electron chi connectivity index (χ2n) is 4.56. The summed E-state index contributed by atoms with van der Waals surface area (Å²) in [5.74, 6) is -1.00. The fraction of sp³-hybridized carbons (Fsp3) is 0.818. The van der Waals surface area contributed by atoms with E-state index in [-0.39, 0.29) is 11.8 Å². The molecule has 1 heterocycles. The molecule has 1 saturated heterocycles. The predicted octanol–water partition coefficient (Wildman–Crippen LogP) is 0.295. The van der Waals surface area contributed by atoms with Gasteiger partial charge in [-0.25, -0.2) is 0 Å². The summed E-state index contributed by atoms with van der Waals surface area (Å²) in [6.07, 6.45) is 1.87. The van der Waals surface area contributed by atoms with E-state index in [0.717, 1.165) is 6.42 Å². The van der Waals surface area contributed by atoms with Crippen LogP contribution in [0, 0.1) is 11.8 Å². The van der Waals surface area contributed by atoms with Crippen molar-refractivity contribution in [1.29, 1.82) is 0 Å². The zero-order valence-corrected chi connectivity index (χ0v) is 9.69. The molecular weight excluding hydrogens is 208 g/mol. The van der Waals surface area contributed by atoms with E-state index < -0.39 is 11.9 Å². The van der Waals surface area contributed by atoms with Gasteiger partial charge in [0.2, 0.25) is 5.91 Å². The molecular formula is C11H20N2O3. The van der Waals surface area contributed by atoms with Gasteiger partial charge in [-0.2, -0.15) is 0 Å². The molecule has 5 nitrogen and oxygen atoms in total. The van der Waals surface area contributed by atoms with Crippen LogP contribution >= 0.6 is 0 Å². The van der Waals surface area contributed by atoms with Gasteiger partial charge in [-0.15, -0.1) is 0 Å². The highest BCUT2D eigenvalue weighted by molar-refractivity contribution is 5.78. The maximum atomic E-state index is 11.8. The first kappa shape index (κ1) is 13.0. The van der Waals surface area contributed by atoms with E-state index in [1.165, 1.54) is 0 Å². The molecule has 2 unspecified atom stereocenters. The van der Waals surface area contributed by atoms with Crippen LogP contribution in [-0.2, 0) is 9.59 Å². The van der Waals surface area contributed by atoms with Crippen LogP contribution in [0.25, 0.3) is 0 Å². The Hall–Kier alpha value is -1.10. The lowest BCUT2D eigenvalue weighted by Crippen LogP contribution is -2.43. The Kier molecular flexibility index (Phi) is 4.73. The molecule has 0 bridgehead atoms. The Balaban J connectivity index is 2.47. The molecule has 1 aliphatic heterocycles. The number of aliphatic carboxylic acids is 1. The number of carboxylic acids is 1. The van der Waals surface area contributed by atoms with Crippen LogP contribution < -0.4 is 5.73 Å². The van der Waals surface area contributed by atoms with Gasteiger partial charge in [-0.3, -0.25) is 9.59 Å². The van der Waals surface area contributed by atoms with Gasteiger partial charge in [0.05, 0.1) is 5.92 Å². The first-order valence-corrected chi connectivity index (χ1v) is 5.75. The molecule has 1 rings (SSSR count). The maximum absolute atomic E-state index is 11.8. The van der Waals surface area contributed by atoms with Crippen molar-refractivity contribution < 1.29 is 14.7 Å². The topological polar surface area (TPSA) is 83.6 Å². The third-order valence-electron chi connectivity index (χ3n) is 3.05. The minimum atomic E-state index is -0.802. The Labute approximate surface area is 95.6 Å². The summed E-state index contributed by atoms with van der Waals surface area (Å²) >= 11 is 0. The summed E-state index contributed by atoms with van der Waals surface area (Å²) in [7, 11) is 0. The molecule has 0 aromatic rings. The van der Waals surface area contributed by atoms with Gasteiger partial charge in [0.15, 0.2) is 0 Å². The number of hydrogen-bond acceptors (Lipinski definition) is 3. The number of likely N-dealkylation sites (tertiary alicyclic amines) is 1. The van der Waals surface area contributed by atoms with Crippen molar-refractivity contribution in [3.05, 3.63) is 0 Å². The van der Waals surface area contributed by atoms with Crippen molar-refractivity contribution in [3.8, 4) is 0 Å². The Morgan fingerprint density at radius 1 is 1.56 bits per heavy atom. The maximum Gasteiger partial charge on any atom is 0.308 e. The van der Waals surface area contributed by atoms with Gasteiger partial charge in [0.1, 0.15) is 0 Å². The lowest BCUT2D eigenvalue weighted by atomic mass is 9.97. The lowest BCUT2D eigenvalue weighted by Gasteiger charge is -2.31. The van der Waals surface area contributed by atoms with E-state index in [2.05, 4.69) is 0 Å². The Bertz CT molecular complexity index is 268. The zero-order valence-electron chi connectivity index (χ0n) is 9.69. The largest absolute Gasteiger partial charge is 0.481 e. The summed E-state index contributed by atoms with van der Waals surface area (Å²) in [4.78, 5) is 24.3. The summed E-state index contributed by atoms with van der Waals surface area (Å²) in [5.41, 5.74) is 5.46. The van der Waals surface area contributed by atoms with E-state index in [4.69, 9.17) is 10.8 Å². The number of hydrogen-bond donors (Lipinski definition) is 2. The molecule has 0 aliphatic carbocycles. The molecule has 2 atom stereocenters. The minimum absolute atomic E-state index is 0.0314. The molecule has 3 N–H and O–H groups in total. The normalized spacial score (nSPS) is 22.9. The van der Waals surface area contributed by atoms with Gasteiger partial charge in [0, 0.05) is 19.5 Å². The molecule has 0 radical (unpaired) electrons. The lowest BCUT2D eigenvalue weighted by molar-refractivity contribution is -0.145. The number of carbonyl (C=O) groups is 2. The monoisotopic (exact) mass is 228 g/mol. The molecule has 0 aromatic carbocycles. The molecule has 5 heteroatoms. The van der Waals surface area contributed by atoms with E-state index in [9.17, 15) is 9.59 Å². The number of rotatable bonds is 4. The van der Waals surface area contributed by atoms with Crippen LogP contribution in [0.1, 0.15) is 26.2 Å². The predicted molar refractivity (Wildman–Crippen MR) is 59.8 cm³/mol. The number of piperidine rings is 1. The van der Waals surface area contributed by atoms with Crippen LogP contribution in [-0.4, -0.2) is 41.5 Å². The van der Waals surface area contributed by atoms with Crippen molar-refractivity contribution in [2.45, 2.75) is 26.2 Å². The quantitative estimate of drug-likeness (QED) is 0.724. The number of nitrogens with zero attached hydrogens (tertiary/aromatic N) is 1. The molecule has 92 valence electrons. The Morgan fingerprint density at radius 3 is 2.81 bits per heavy atom. The highest BCUT2D eigenvalue weighted by Crippen LogP contribution is 2.18. The van der Waals surface area contributed by atoms with Crippen molar-refractivity contribution in [3.63, 3.8) is 0 Å². The fourth-order valence-corrected chi connectivity index (χ4v) is 1.92. The third kappa shape index (κ3) is 3.48.